The maximum atomic E-state index is 10.1. The number of nitrogen functional groups attached to an aromatic ring is 3. The van der Waals surface area contributed by atoms with E-state index in [1.807, 2.05) is 384 Å². The summed E-state index contributed by atoms with van der Waals surface area (Å²) in [5.74, 6) is 5.53. The van der Waals surface area contributed by atoms with E-state index in [0.717, 1.165) is 57.2 Å². The molecule has 11 aromatic rings. The van der Waals surface area contributed by atoms with Gasteiger partial charge in [-0.15, -0.1) is 0 Å². The predicted octanol–water partition coefficient (Wildman–Crippen LogP) is 17.8. The second-order valence-electron chi connectivity index (χ2n) is 26.4. The van der Waals surface area contributed by atoms with Crippen LogP contribution in [0.25, 0.3) is 0 Å². The molecule has 0 bridgehead atoms. The molecule has 7 aromatic heterocycles. The van der Waals surface area contributed by atoms with Gasteiger partial charge >= 0.3 is 0 Å². The number of hydrogen-bond acceptors (Lipinski definition) is 24. The van der Waals surface area contributed by atoms with Crippen molar-refractivity contribution in [2.75, 3.05) is 147 Å². The largest absolute Gasteiger partial charge is 0.399 e. The SMILES string of the molecule is CN(CC(O)c1ccccc1)c1cc(N)ccn1.CN(CC(O)c1ccccc1)c1ccccn1.CN(CCO)c1cc(N)ccn1.CN(CCO)c1ccccn1.C[CH-]C.C[CH-]C.C[CH-]C.C[CH-]C.C[CH-]C.C[CH-]C.C[CH-]C.Nc1ccnc(NCC(O)c2ccccc2)c1.OC(CNc1ccccn1)c1ccccc1.OCCNc1ccccn1.[W].[W].[W].[W].[W].[W].[W]. The van der Waals surface area contributed by atoms with E-state index in [-0.39, 0.29) is 167 Å². The zero-order chi connectivity index (χ0) is 91.6. The number of benzene rings is 4. The molecule has 4 aromatic carbocycles. The van der Waals surface area contributed by atoms with Crippen LogP contribution in [-0.2, 0) is 147 Å². The summed E-state index contributed by atoms with van der Waals surface area (Å²) in [5.41, 5.74) is 22.5. The third-order valence-electron chi connectivity index (χ3n) is 14.4. The van der Waals surface area contributed by atoms with Gasteiger partial charge < -0.3 is 133 Å². The molecule has 0 spiro atoms. The Kier molecular flexibility index (Phi) is 113. The maximum Gasteiger partial charge on any atom is 0.130 e. The van der Waals surface area contributed by atoms with Crippen LogP contribution in [0, 0.1) is 44.9 Å². The fraction of sp³-hybridized carbons (Fsp3) is 0.327. The molecule has 0 aliphatic carbocycles. The smallest absolute Gasteiger partial charge is 0.130 e. The molecule has 11 rings (SSSR count). The van der Waals surface area contributed by atoms with Gasteiger partial charge in [0.25, 0.3) is 0 Å². The quantitative estimate of drug-likeness (QED) is 0.0236. The number of rotatable bonds is 25. The van der Waals surface area contributed by atoms with Gasteiger partial charge in [0.15, 0.2) is 0 Å². The third-order valence-corrected chi connectivity index (χ3v) is 14.4. The summed E-state index contributed by atoms with van der Waals surface area (Å²) >= 11 is 0. The number of aromatic nitrogens is 7. The summed E-state index contributed by atoms with van der Waals surface area (Å²) in [6, 6.07) is 71.5. The molecule has 0 saturated heterocycles. The zero-order valence-corrected chi connectivity index (χ0v) is 99.1. The average Bonchev–Trinajstić information content (AvgIpc) is 0.878. The second kappa shape index (κ2) is 102. The van der Waals surface area contributed by atoms with Crippen LogP contribution in [0.2, 0.25) is 0 Å². The van der Waals surface area contributed by atoms with Gasteiger partial charge in [-0.05, 0) is 89.0 Å². The number of aliphatic hydroxyl groups excluding tert-OH is 7. The van der Waals surface area contributed by atoms with Crippen molar-refractivity contribution in [1.82, 2.24) is 34.9 Å². The van der Waals surface area contributed by atoms with Crippen LogP contribution in [0.1, 0.15) is 144 Å². The van der Waals surface area contributed by atoms with Gasteiger partial charge in [0, 0.05) is 300 Å². The van der Waals surface area contributed by atoms with Crippen LogP contribution in [0.15, 0.2) is 274 Å². The topological polar surface area (TPSA) is 359 Å². The number of hydrogen-bond donors (Lipinski definition) is 13. The van der Waals surface area contributed by atoms with Gasteiger partial charge in [-0.1, -0.05) is 146 Å². The molecule has 0 fully saturated rings. The molecule has 0 aliphatic heterocycles. The number of aliphatic hydroxyl groups is 7. The fourth-order valence-electron chi connectivity index (χ4n) is 8.89. The molecular weight excluding hydrogens is 2810 g/mol. The summed E-state index contributed by atoms with van der Waals surface area (Å²) in [6.45, 7) is 32.0. The van der Waals surface area contributed by atoms with Crippen LogP contribution in [-0.4, -0.2) is 164 Å². The molecule has 4 unspecified atom stereocenters. The van der Waals surface area contributed by atoms with Crippen molar-refractivity contribution in [3.63, 3.8) is 0 Å². The molecule has 0 saturated carbocycles. The van der Waals surface area contributed by atoms with Crippen molar-refractivity contribution in [3.05, 3.63) is 341 Å². The minimum atomic E-state index is -0.556. The van der Waals surface area contributed by atoms with Gasteiger partial charge in [0.05, 0.1) is 44.2 Å². The van der Waals surface area contributed by atoms with E-state index in [9.17, 15) is 20.4 Å². The number of pyridine rings is 7. The number of likely N-dealkylation sites (N-methyl/N-ethyl adjacent to an activating group) is 4. The van der Waals surface area contributed by atoms with Crippen molar-refractivity contribution < 1.29 is 183 Å². The van der Waals surface area contributed by atoms with Crippen LogP contribution < -0.4 is 52.8 Å². The fourth-order valence-corrected chi connectivity index (χ4v) is 8.89. The Morgan fingerprint density at radius 3 is 0.798 bits per heavy atom. The number of nitrogens with two attached hydrogens (primary N) is 3. The van der Waals surface area contributed by atoms with Gasteiger partial charge in [0.2, 0.25) is 0 Å². The van der Waals surface area contributed by atoms with Crippen molar-refractivity contribution in [2.45, 2.75) is 121 Å². The first-order valence-corrected chi connectivity index (χ1v) is 40.7. The first kappa shape index (κ1) is 143. The molecule has 31 heteroatoms. The third kappa shape index (κ3) is 79.7. The van der Waals surface area contributed by atoms with Crippen LogP contribution in [0.5, 0.6) is 0 Å². The Labute approximate surface area is 876 Å². The van der Waals surface area contributed by atoms with Gasteiger partial charge in [0.1, 0.15) is 40.7 Å². The molecule has 0 amide bonds. The average molecular weight is 2960 g/mol. The number of nitrogens with zero attached hydrogens (tertiary/aromatic N) is 11. The standard InChI is InChI=1S/C14H17N3O.C14H16N2O.C13H15N3O.C13H14N2O.C8H13N3O.C8H12N2O.C7H10N2O.7C3H7.7W/c1-17(14-9-12(15)7-8-16-14)10-13(18)11-5-3-2-4-6-11;1-16(14-9-5-6-10-15-14)11-13(17)12-7-3-2-4-8-12;14-11-6-7-15-13(8-11)16-9-12(17)10-4-2-1-3-5-10;16-12(11-6-2-1-3-7-11)10-15-13-8-4-5-9-14-13;1-11(4-5-12)8-6-7(9)2-3-10-8;1-10(6-7-11)8-4-2-3-5-9-8;10-6-5-9-7-3-1-2-4-8-7;7*1-3-2;;;;;;;/h2-9,13,18H,10H2,1H3,(H2,15,16);2-10,13,17H,11H2,1H3;1-8,12,17H,9H2,(H3,14,15,16);1-9,12,16H,10H2,(H,14,15);2-3,6,12H,4-5H2,1H3,(H2,9,10);2-5,11H,6-7H2,1H3;1-4,10H,5-6H2,(H,8,9);7*3H,1-2H3;;;;;;;/q;;;;;;;7*-1;;;;;;;. The first-order valence-electron chi connectivity index (χ1n) is 40.7. The summed E-state index contributed by atoms with van der Waals surface area (Å²) in [6.07, 6.45) is 23.8. The molecule has 0 radical (unpaired) electrons. The predicted molar refractivity (Wildman–Crippen MR) is 518 cm³/mol. The summed E-state index contributed by atoms with van der Waals surface area (Å²) in [4.78, 5) is 36.5. The van der Waals surface area contributed by atoms with Crippen molar-refractivity contribution in [2.24, 2.45) is 0 Å². The Morgan fingerprint density at radius 1 is 0.271 bits per heavy atom. The minimum absolute atomic E-state index is 0. The monoisotopic (exact) mass is 2960 g/mol. The molecule has 24 nitrogen and oxygen atoms in total. The molecule has 714 valence electrons. The first-order chi connectivity index (χ1) is 59.0. The summed E-state index contributed by atoms with van der Waals surface area (Å²) in [5, 5.41) is 74.8. The Morgan fingerprint density at radius 2 is 0.512 bits per heavy atom. The molecule has 7 heterocycles. The van der Waals surface area contributed by atoms with Crippen molar-refractivity contribution >= 4 is 57.8 Å². The van der Waals surface area contributed by atoms with Crippen LogP contribution in [0.4, 0.5) is 57.8 Å². The Balaban J connectivity index is -0.000000154. The Bertz CT molecular complexity index is 3960. The maximum absolute atomic E-state index is 10.1. The van der Waals surface area contributed by atoms with E-state index < -0.39 is 24.4 Å². The molecule has 129 heavy (non-hydrogen) atoms. The van der Waals surface area contributed by atoms with Crippen molar-refractivity contribution in [3.8, 4) is 0 Å². The summed E-state index contributed by atoms with van der Waals surface area (Å²) < 4.78 is 0. The number of nitrogens with one attached hydrogen (secondary N) is 3. The summed E-state index contributed by atoms with van der Waals surface area (Å²) in [7, 11) is 7.57. The normalized spacial score (nSPS) is 9.81. The molecule has 0 aliphatic rings. The van der Waals surface area contributed by atoms with E-state index in [1.165, 1.54) is 0 Å². The molecule has 4 atom stereocenters. The van der Waals surface area contributed by atoms with E-state index in [0.29, 0.717) is 68.7 Å². The number of anilines is 10. The second-order valence-corrected chi connectivity index (χ2v) is 26.4. The zero-order valence-electron chi connectivity index (χ0n) is 78.5. The van der Waals surface area contributed by atoms with E-state index in [1.54, 1.807) is 79.8 Å². The van der Waals surface area contributed by atoms with Crippen molar-refractivity contribution in [1.29, 1.82) is 0 Å². The van der Waals surface area contributed by atoms with Gasteiger partial charge in [-0.3, -0.25) is 0 Å². The molecule has 16 N–H and O–H groups in total. The molecular formula is C98H146N17O7W7-7. The van der Waals surface area contributed by atoms with E-state index in [4.69, 9.17) is 32.5 Å². The van der Waals surface area contributed by atoms with E-state index in [2.05, 4.69) is 50.8 Å². The van der Waals surface area contributed by atoms with Crippen LogP contribution >= 0.6 is 0 Å². The minimum Gasteiger partial charge on any atom is -0.399 e. The van der Waals surface area contributed by atoms with Gasteiger partial charge in [-0.25, -0.2) is 34.9 Å². The van der Waals surface area contributed by atoms with Gasteiger partial charge in [-0.2, -0.15) is 96.9 Å². The van der Waals surface area contributed by atoms with Crippen LogP contribution in [0.3, 0.4) is 0 Å². The Hall–Kier alpha value is -6.53. The van der Waals surface area contributed by atoms with E-state index >= 15 is 0 Å².